The Bertz CT molecular complexity index is 656. The van der Waals surface area contributed by atoms with Crippen molar-refractivity contribution in [3.63, 3.8) is 0 Å². The number of methoxy groups -OCH3 is 2. The molecule has 0 N–H and O–H groups in total. The summed E-state index contributed by atoms with van der Waals surface area (Å²) in [6.07, 6.45) is 3.34. The SMILES string of the molecule is CCCc1nc2cc(OC)c(OC)cc2n1CCCC#N. The largest absolute Gasteiger partial charge is 0.493 e. The third-order valence-corrected chi connectivity index (χ3v) is 3.48. The molecule has 0 amide bonds. The topological polar surface area (TPSA) is 60.1 Å². The van der Waals surface area contributed by atoms with Crippen molar-refractivity contribution in [3.8, 4) is 17.6 Å². The second-order valence-electron chi connectivity index (χ2n) is 4.89. The van der Waals surface area contributed by atoms with E-state index in [0.717, 1.165) is 42.7 Å². The van der Waals surface area contributed by atoms with Gasteiger partial charge in [-0.1, -0.05) is 6.92 Å². The smallest absolute Gasteiger partial charge is 0.163 e. The zero-order valence-corrected chi connectivity index (χ0v) is 12.8. The predicted molar refractivity (Wildman–Crippen MR) is 81.7 cm³/mol. The first-order valence-electron chi connectivity index (χ1n) is 7.23. The van der Waals surface area contributed by atoms with E-state index in [4.69, 9.17) is 19.7 Å². The van der Waals surface area contributed by atoms with Crippen LogP contribution in [0.15, 0.2) is 12.1 Å². The molecule has 0 aliphatic heterocycles. The number of rotatable bonds is 7. The number of nitriles is 1. The van der Waals surface area contributed by atoms with Crippen molar-refractivity contribution >= 4 is 11.0 Å². The third kappa shape index (κ3) is 3.10. The monoisotopic (exact) mass is 287 g/mol. The molecule has 5 nitrogen and oxygen atoms in total. The van der Waals surface area contributed by atoms with Crippen molar-refractivity contribution in [1.29, 1.82) is 5.26 Å². The molecule has 0 fully saturated rings. The van der Waals surface area contributed by atoms with Gasteiger partial charge in [0.1, 0.15) is 5.82 Å². The maximum atomic E-state index is 8.72. The number of aromatic nitrogens is 2. The highest BCUT2D eigenvalue weighted by Crippen LogP contribution is 2.32. The van der Waals surface area contributed by atoms with Crippen molar-refractivity contribution in [3.05, 3.63) is 18.0 Å². The Morgan fingerprint density at radius 3 is 2.57 bits per heavy atom. The van der Waals surface area contributed by atoms with E-state index in [1.807, 2.05) is 12.1 Å². The summed E-state index contributed by atoms with van der Waals surface area (Å²) in [5, 5.41) is 8.72. The van der Waals surface area contributed by atoms with Gasteiger partial charge in [-0.2, -0.15) is 5.26 Å². The Morgan fingerprint density at radius 1 is 1.24 bits per heavy atom. The van der Waals surface area contributed by atoms with E-state index in [1.54, 1.807) is 14.2 Å². The molecule has 0 radical (unpaired) electrons. The molecule has 2 rings (SSSR count). The van der Waals surface area contributed by atoms with Gasteiger partial charge in [0.25, 0.3) is 0 Å². The molecule has 0 atom stereocenters. The molecular weight excluding hydrogens is 266 g/mol. The summed E-state index contributed by atoms with van der Waals surface area (Å²) in [6, 6.07) is 6.07. The van der Waals surface area contributed by atoms with Crippen molar-refractivity contribution < 1.29 is 9.47 Å². The van der Waals surface area contributed by atoms with Crippen molar-refractivity contribution in [1.82, 2.24) is 9.55 Å². The van der Waals surface area contributed by atoms with E-state index in [-0.39, 0.29) is 0 Å². The molecular formula is C16H21N3O2. The van der Waals surface area contributed by atoms with Gasteiger partial charge in [0.15, 0.2) is 11.5 Å². The Balaban J connectivity index is 2.50. The zero-order valence-electron chi connectivity index (χ0n) is 12.8. The Labute approximate surface area is 125 Å². The number of fused-ring (bicyclic) bond motifs is 1. The van der Waals surface area contributed by atoms with Gasteiger partial charge in [0.05, 0.1) is 31.3 Å². The van der Waals surface area contributed by atoms with Crippen LogP contribution in [0.4, 0.5) is 0 Å². The van der Waals surface area contributed by atoms with Gasteiger partial charge in [-0.05, 0) is 12.8 Å². The van der Waals surface area contributed by atoms with Crippen LogP contribution in [0.2, 0.25) is 0 Å². The van der Waals surface area contributed by atoms with Crippen LogP contribution >= 0.6 is 0 Å². The van der Waals surface area contributed by atoms with Crippen molar-refractivity contribution in [2.24, 2.45) is 0 Å². The number of hydrogen-bond acceptors (Lipinski definition) is 4. The van der Waals surface area contributed by atoms with Gasteiger partial charge in [-0.15, -0.1) is 0 Å². The fourth-order valence-electron chi connectivity index (χ4n) is 2.48. The quantitative estimate of drug-likeness (QED) is 0.733. The lowest BCUT2D eigenvalue weighted by Crippen LogP contribution is -2.04. The first-order chi connectivity index (χ1) is 10.2. The predicted octanol–water partition coefficient (Wildman–Crippen LogP) is 3.31. The van der Waals surface area contributed by atoms with Gasteiger partial charge >= 0.3 is 0 Å². The minimum Gasteiger partial charge on any atom is -0.493 e. The lowest BCUT2D eigenvalue weighted by Gasteiger charge is -2.10. The number of imidazole rings is 1. The van der Waals surface area contributed by atoms with Crippen LogP contribution in [0.5, 0.6) is 11.5 Å². The Kier molecular flexibility index (Phi) is 5.04. The molecule has 0 aliphatic rings. The van der Waals surface area contributed by atoms with Crippen LogP contribution in [0.3, 0.4) is 0 Å². The highest BCUT2D eigenvalue weighted by molar-refractivity contribution is 5.80. The van der Waals surface area contributed by atoms with Crippen LogP contribution in [0.25, 0.3) is 11.0 Å². The van der Waals surface area contributed by atoms with Crippen LogP contribution in [-0.4, -0.2) is 23.8 Å². The van der Waals surface area contributed by atoms with Crippen LogP contribution in [0.1, 0.15) is 32.0 Å². The lowest BCUT2D eigenvalue weighted by molar-refractivity contribution is 0.355. The molecule has 5 heteroatoms. The number of unbranched alkanes of at least 4 members (excludes halogenated alkanes) is 1. The zero-order chi connectivity index (χ0) is 15.2. The minimum absolute atomic E-state index is 0.554. The number of nitrogens with zero attached hydrogens (tertiary/aromatic N) is 3. The standard InChI is InChI=1S/C16H21N3O2/c1-4-7-16-18-12-10-14(20-2)15(21-3)11-13(12)19(16)9-6-5-8-17/h10-11H,4-7,9H2,1-3H3. The van der Waals surface area contributed by atoms with E-state index < -0.39 is 0 Å². The second-order valence-corrected chi connectivity index (χ2v) is 4.89. The molecule has 1 aromatic heterocycles. The van der Waals surface area contributed by atoms with Gasteiger partial charge in [-0.3, -0.25) is 0 Å². The molecule has 0 unspecified atom stereocenters. The molecule has 112 valence electrons. The number of benzene rings is 1. The average molecular weight is 287 g/mol. The second kappa shape index (κ2) is 6.98. The van der Waals surface area contributed by atoms with Gasteiger partial charge < -0.3 is 14.0 Å². The van der Waals surface area contributed by atoms with Crippen LogP contribution in [0, 0.1) is 11.3 Å². The summed E-state index contributed by atoms with van der Waals surface area (Å²) in [5.41, 5.74) is 1.95. The normalized spacial score (nSPS) is 10.6. The molecule has 21 heavy (non-hydrogen) atoms. The summed E-state index contributed by atoms with van der Waals surface area (Å²) < 4.78 is 12.9. The molecule has 0 aliphatic carbocycles. The molecule has 0 bridgehead atoms. The molecule has 2 aromatic rings. The maximum absolute atomic E-state index is 8.72. The highest BCUT2D eigenvalue weighted by atomic mass is 16.5. The lowest BCUT2D eigenvalue weighted by atomic mass is 10.2. The molecule has 1 heterocycles. The van der Waals surface area contributed by atoms with E-state index in [0.29, 0.717) is 17.9 Å². The highest BCUT2D eigenvalue weighted by Gasteiger charge is 2.14. The van der Waals surface area contributed by atoms with E-state index in [9.17, 15) is 0 Å². The molecule has 0 spiro atoms. The van der Waals surface area contributed by atoms with Crippen molar-refractivity contribution in [2.75, 3.05) is 14.2 Å². The van der Waals surface area contributed by atoms with Gasteiger partial charge in [0, 0.05) is 31.5 Å². The summed E-state index contributed by atoms with van der Waals surface area (Å²) >= 11 is 0. The molecule has 1 aromatic carbocycles. The average Bonchev–Trinajstić information content (AvgIpc) is 2.83. The first-order valence-corrected chi connectivity index (χ1v) is 7.23. The Hall–Kier alpha value is -2.22. The molecule has 0 saturated carbocycles. The van der Waals surface area contributed by atoms with Crippen LogP contribution < -0.4 is 9.47 Å². The summed E-state index contributed by atoms with van der Waals surface area (Å²) in [7, 11) is 3.26. The van der Waals surface area contributed by atoms with E-state index in [2.05, 4.69) is 17.6 Å². The number of hydrogen-bond donors (Lipinski definition) is 0. The van der Waals surface area contributed by atoms with E-state index >= 15 is 0 Å². The number of aryl methyl sites for hydroxylation is 2. The van der Waals surface area contributed by atoms with Gasteiger partial charge in [-0.25, -0.2) is 4.98 Å². The number of ether oxygens (including phenoxy) is 2. The minimum atomic E-state index is 0.554. The van der Waals surface area contributed by atoms with Gasteiger partial charge in [0.2, 0.25) is 0 Å². The summed E-state index contributed by atoms with van der Waals surface area (Å²) in [6.45, 7) is 2.94. The van der Waals surface area contributed by atoms with Crippen LogP contribution in [-0.2, 0) is 13.0 Å². The van der Waals surface area contributed by atoms with Crippen molar-refractivity contribution in [2.45, 2.75) is 39.2 Å². The third-order valence-electron chi connectivity index (χ3n) is 3.48. The Morgan fingerprint density at radius 2 is 1.95 bits per heavy atom. The van der Waals surface area contributed by atoms with E-state index in [1.165, 1.54) is 0 Å². The molecule has 0 saturated heterocycles. The fourth-order valence-corrected chi connectivity index (χ4v) is 2.48. The fraction of sp³-hybridized carbons (Fsp3) is 0.500. The first kappa shape index (κ1) is 15.2. The summed E-state index contributed by atoms with van der Waals surface area (Å²) in [5.74, 6) is 2.45. The summed E-state index contributed by atoms with van der Waals surface area (Å²) in [4.78, 5) is 4.71. The maximum Gasteiger partial charge on any atom is 0.163 e.